The molecule has 1 aliphatic carbocycles. The molecule has 2 aromatic carbocycles. The highest BCUT2D eigenvalue weighted by molar-refractivity contribution is 5.48. The minimum atomic E-state index is -0.431. The second kappa shape index (κ2) is 5.43. The summed E-state index contributed by atoms with van der Waals surface area (Å²) in [5, 5.41) is 3.04. The van der Waals surface area contributed by atoms with Gasteiger partial charge in [0.15, 0.2) is 0 Å². The van der Waals surface area contributed by atoms with Gasteiger partial charge in [-0.1, -0.05) is 12.1 Å². The Morgan fingerprint density at radius 2 is 1.62 bits per heavy atom. The maximum absolute atomic E-state index is 13.7. The molecular formula is C17H16F3N. The summed E-state index contributed by atoms with van der Waals surface area (Å²) in [6.45, 7) is 1.54. The first-order valence-corrected chi connectivity index (χ1v) is 7.00. The fourth-order valence-electron chi connectivity index (χ4n) is 2.72. The third kappa shape index (κ3) is 2.89. The molecule has 0 saturated heterocycles. The number of nitrogens with one attached hydrogen (secondary N) is 1. The Hall–Kier alpha value is -1.97. The van der Waals surface area contributed by atoms with E-state index in [4.69, 9.17) is 0 Å². The van der Waals surface area contributed by atoms with Crippen molar-refractivity contribution in [3.8, 4) is 0 Å². The monoisotopic (exact) mass is 291 g/mol. The maximum atomic E-state index is 13.7. The second-order valence-corrected chi connectivity index (χ2v) is 5.64. The third-order valence-electron chi connectivity index (χ3n) is 4.09. The van der Waals surface area contributed by atoms with E-state index in [0.717, 1.165) is 18.4 Å². The molecule has 21 heavy (non-hydrogen) atoms. The zero-order chi connectivity index (χ0) is 15.0. The Morgan fingerprint density at radius 1 is 0.952 bits per heavy atom. The van der Waals surface area contributed by atoms with Gasteiger partial charge in [0.1, 0.15) is 17.5 Å². The van der Waals surface area contributed by atoms with Gasteiger partial charge in [-0.25, -0.2) is 13.2 Å². The molecule has 0 unspecified atom stereocenters. The van der Waals surface area contributed by atoms with Gasteiger partial charge in [-0.05, 0) is 55.0 Å². The van der Waals surface area contributed by atoms with Crippen molar-refractivity contribution in [3.63, 3.8) is 0 Å². The van der Waals surface area contributed by atoms with Crippen molar-refractivity contribution in [1.82, 2.24) is 0 Å². The van der Waals surface area contributed by atoms with Gasteiger partial charge in [0.2, 0.25) is 0 Å². The van der Waals surface area contributed by atoms with Crippen LogP contribution in [0.2, 0.25) is 0 Å². The van der Waals surface area contributed by atoms with E-state index in [9.17, 15) is 13.2 Å². The van der Waals surface area contributed by atoms with Crippen LogP contribution in [0.3, 0.4) is 0 Å². The molecule has 1 nitrogen and oxygen atoms in total. The average molecular weight is 291 g/mol. The van der Waals surface area contributed by atoms with E-state index in [-0.39, 0.29) is 17.5 Å². The van der Waals surface area contributed by atoms with E-state index in [2.05, 4.69) is 5.32 Å². The summed E-state index contributed by atoms with van der Waals surface area (Å²) < 4.78 is 40.1. The van der Waals surface area contributed by atoms with Crippen LogP contribution in [-0.2, 0) is 0 Å². The molecule has 110 valence electrons. The maximum Gasteiger partial charge on any atom is 0.146 e. The van der Waals surface area contributed by atoms with Crippen LogP contribution < -0.4 is 5.32 Å². The first-order chi connectivity index (χ1) is 10.0. The Kier molecular flexibility index (Phi) is 3.62. The summed E-state index contributed by atoms with van der Waals surface area (Å²) in [7, 11) is 0. The van der Waals surface area contributed by atoms with Gasteiger partial charge in [0, 0.05) is 12.1 Å². The number of rotatable bonds is 3. The molecule has 2 aromatic rings. The van der Waals surface area contributed by atoms with Crippen molar-refractivity contribution >= 4 is 5.69 Å². The molecule has 1 N–H and O–H groups in total. The SMILES string of the molecule is Cc1cc(F)c(NC2CC(c3ccc(F)cc3)C2)cc1F. The van der Waals surface area contributed by atoms with Crippen LogP contribution in [0.1, 0.15) is 29.9 Å². The fraction of sp³-hybridized carbons (Fsp3) is 0.294. The van der Waals surface area contributed by atoms with Gasteiger partial charge in [-0.15, -0.1) is 0 Å². The van der Waals surface area contributed by atoms with Crippen LogP contribution in [0.15, 0.2) is 36.4 Å². The molecule has 0 amide bonds. The molecule has 0 spiro atoms. The van der Waals surface area contributed by atoms with Crippen molar-refractivity contribution < 1.29 is 13.2 Å². The lowest BCUT2D eigenvalue weighted by Gasteiger charge is -2.37. The van der Waals surface area contributed by atoms with Crippen LogP contribution in [0.5, 0.6) is 0 Å². The molecule has 1 saturated carbocycles. The minimum absolute atomic E-state index is 0.122. The summed E-state index contributed by atoms with van der Waals surface area (Å²) in [6.07, 6.45) is 1.67. The summed E-state index contributed by atoms with van der Waals surface area (Å²) in [6, 6.07) is 8.99. The van der Waals surface area contributed by atoms with E-state index in [1.54, 1.807) is 12.1 Å². The van der Waals surface area contributed by atoms with Gasteiger partial charge in [0.05, 0.1) is 5.69 Å². The fourth-order valence-corrected chi connectivity index (χ4v) is 2.72. The van der Waals surface area contributed by atoms with Crippen LogP contribution in [0.25, 0.3) is 0 Å². The smallest absolute Gasteiger partial charge is 0.146 e. The number of hydrogen-bond acceptors (Lipinski definition) is 1. The molecule has 0 aromatic heterocycles. The molecule has 0 bridgehead atoms. The van der Waals surface area contributed by atoms with E-state index >= 15 is 0 Å². The molecule has 0 atom stereocenters. The predicted molar refractivity (Wildman–Crippen MR) is 76.9 cm³/mol. The summed E-state index contributed by atoms with van der Waals surface area (Å²) in [4.78, 5) is 0. The molecule has 1 fully saturated rings. The molecule has 0 aliphatic heterocycles. The topological polar surface area (TPSA) is 12.0 Å². The van der Waals surface area contributed by atoms with Crippen molar-refractivity contribution in [1.29, 1.82) is 0 Å². The zero-order valence-electron chi connectivity index (χ0n) is 11.7. The van der Waals surface area contributed by atoms with Gasteiger partial charge in [0.25, 0.3) is 0 Å². The lowest BCUT2D eigenvalue weighted by molar-refractivity contribution is 0.372. The molecule has 1 aliphatic rings. The highest BCUT2D eigenvalue weighted by Crippen LogP contribution is 2.39. The standard InChI is InChI=1S/C17H16F3N/c1-10-6-16(20)17(9-15(10)19)21-14-7-12(8-14)11-2-4-13(18)5-3-11/h2-6,9,12,14,21H,7-8H2,1H3. The Morgan fingerprint density at radius 3 is 2.29 bits per heavy atom. The largest absolute Gasteiger partial charge is 0.380 e. The van der Waals surface area contributed by atoms with Crippen LogP contribution >= 0.6 is 0 Å². The number of hydrogen-bond donors (Lipinski definition) is 1. The van der Waals surface area contributed by atoms with Gasteiger partial charge >= 0.3 is 0 Å². The highest BCUT2D eigenvalue weighted by Gasteiger charge is 2.30. The Bertz CT molecular complexity index is 646. The number of halogens is 3. The first kappa shape index (κ1) is 14.0. The zero-order valence-corrected chi connectivity index (χ0v) is 11.7. The Labute approximate surface area is 121 Å². The normalized spacial score (nSPS) is 21.0. The predicted octanol–water partition coefficient (Wildman–Crippen LogP) is 4.77. The van der Waals surface area contributed by atoms with E-state index in [1.165, 1.54) is 31.2 Å². The summed E-state index contributed by atoms with van der Waals surface area (Å²) >= 11 is 0. The highest BCUT2D eigenvalue weighted by atomic mass is 19.1. The summed E-state index contributed by atoms with van der Waals surface area (Å²) in [5.74, 6) is -0.737. The Balaban J connectivity index is 1.62. The molecule has 0 radical (unpaired) electrons. The van der Waals surface area contributed by atoms with Crippen LogP contribution in [0, 0.1) is 24.4 Å². The lowest BCUT2D eigenvalue weighted by Crippen LogP contribution is -2.34. The average Bonchev–Trinajstić information content (AvgIpc) is 2.40. The summed E-state index contributed by atoms with van der Waals surface area (Å²) in [5.41, 5.74) is 1.60. The van der Waals surface area contributed by atoms with Crippen LogP contribution in [-0.4, -0.2) is 6.04 Å². The third-order valence-corrected chi connectivity index (χ3v) is 4.09. The molecule has 4 heteroatoms. The van der Waals surface area contributed by atoms with E-state index < -0.39 is 11.6 Å². The van der Waals surface area contributed by atoms with E-state index in [0.29, 0.717) is 11.5 Å². The van der Waals surface area contributed by atoms with Gasteiger partial charge < -0.3 is 5.32 Å². The molecule has 3 rings (SSSR count). The minimum Gasteiger partial charge on any atom is -0.380 e. The molecular weight excluding hydrogens is 275 g/mol. The van der Waals surface area contributed by atoms with Crippen molar-refractivity contribution in [3.05, 3.63) is 65.0 Å². The number of aryl methyl sites for hydroxylation is 1. The van der Waals surface area contributed by atoms with Crippen molar-refractivity contribution in [2.24, 2.45) is 0 Å². The lowest BCUT2D eigenvalue weighted by atomic mass is 9.76. The van der Waals surface area contributed by atoms with Gasteiger partial charge in [-0.2, -0.15) is 0 Å². The molecule has 0 heterocycles. The van der Waals surface area contributed by atoms with Crippen LogP contribution in [0.4, 0.5) is 18.9 Å². The van der Waals surface area contributed by atoms with Gasteiger partial charge in [-0.3, -0.25) is 0 Å². The quantitative estimate of drug-likeness (QED) is 0.859. The van der Waals surface area contributed by atoms with Crippen molar-refractivity contribution in [2.45, 2.75) is 31.7 Å². The number of benzene rings is 2. The second-order valence-electron chi connectivity index (χ2n) is 5.64. The number of anilines is 1. The van der Waals surface area contributed by atoms with E-state index in [1.807, 2.05) is 0 Å². The van der Waals surface area contributed by atoms with Crippen molar-refractivity contribution in [2.75, 3.05) is 5.32 Å². The first-order valence-electron chi connectivity index (χ1n) is 7.00.